The van der Waals surface area contributed by atoms with E-state index in [9.17, 15) is 9.59 Å². The van der Waals surface area contributed by atoms with Gasteiger partial charge in [0.15, 0.2) is 5.69 Å². The number of halogens is 1. The second-order valence-electron chi connectivity index (χ2n) is 5.80. The van der Waals surface area contributed by atoms with Crippen molar-refractivity contribution < 1.29 is 19.1 Å². The summed E-state index contributed by atoms with van der Waals surface area (Å²) in [4.78, 5) is 26.0. The van der Waals surface area contributed by atoms with Crippen molar-refractivity contribution in [2.75, 3.05) is 26.1 Å². The highest BCUT2D eigenvalue weighted by atomic mass is 35.5. The maximum Gasteiger partial charge on any atom is 0.359 e. The van der Waals surface area contributed by atoms with E-state index in [2.05, 4.69) is 5.10 Å². The van der Waals surface area contributed by atoms with Gasteiger partial charge in [-0.3, -0.25) is 4.79 Å². The van der Waals surface area contributed by atoms with Gasteiger partial charge in [-0.2, -0.15) is 5.10 Å². The fourth-order valence-electron chi connectivity index (χ4n) is 3.02. The third kappa shape index (κ3) is 3.39. The van der Waals surface area contributed by atoms with Crippen LogP contribution in [0.1, 0.15) is 28.7 Å². The first-order valence-electron chi connectivity index (χ1n) is 8.35. The number of hydrogen-bond acceptors (Lipinski definition) is 5. The molecule has 1 amide bonds. The molecule has 0 aliphatic carbocycles. The number of fused-ring (bicyclic) bond motifs is 1. The Balaban J connectivity index is 2.04. The first-order valence-corrected chi connectivity index (χ1v) is 8.88. The van der Waals surface area contributed by atoms with Crippen LogP contribution in [0.15, 0.2) is 24.3 Å². The van der Waals surface area contributed by atoms with E-state index in [0.717, 1.165) is 17.1 Å². The zero-order valence-electron chi connectivity index (χ0n) is 14.7. The Morgan fingerprint density at radius 1 is 1.27 bits per heavy atom. The summed E-state index contributed by atoms with van der Waals surface area (Å²) < 4.78 is 12.1. The minimum Gasteiger partial charge on any atom is -0.497 e. The number of benzene rings is 1. The summed E-state index contributed by atoms with van der Waals surface area (Å²) in [5, 5.41) is 4.49. The molecule has 1 aromatic carbocycles. The standard InChI is InChI=1S/C18H20ClN3O4/c1-3-26-18(24)17-14-11-21(16(23)10-19)9-8-15(14)22(20-17)12-4-6-13(25-2)7-5-12/h4-7H,3,8-11H2,1-2H3. The van der Waals surface area contributed by atoms with Crippen LogP contribution in [0.4, 0.5) is 0 Å². The van der Waals surface area contributed by atoms with Gasteiger partial charge in [0.1, 0.15) is 11.6 Å². The van der Waals surface area contributed by atoms with Gasteiger partial charge in [-0.25, -0.2) is 9.48 Å². The van der Waals surface area contributed by atoms with Gasteiger partial charge in [-0.15, -0.1) is 11.6 Å². The summed E-state index contributed by atoms with van der Waals surface area (Å²) in [6, 6.07) is 7.41. The molecule has 0 N–H and O–H groups in total. The van der Waals surface area contributed by atoms with Crippen LogP contribution in [-0.2, 0) is 22.5 Å². The quantitative estimate of drug-likeness (QED) is 0.590. The minimum atomic E-state index is -0.490. The first-order chi connectivity index (χ1) is 12.6. The van der Waals surface area contributed by atoms with Gasteiger partial charge in [0.25, 0.3) is 0 Å². The number of carbonyl (C=O) groups is 2. The van der Waals surface area contributed by atoms with Gasteiger partial charge in [-0.1, -0.05) is 0 Å². The molecule has 0 fully saturated rings. The number of aromatic nitrogens is 2. The van der Waals surface area contributed by atoms with Gasteiger partial charge in [0, 0.05) is 25.1 Å². The zero-order valence-corrected chi connectivity index (χ0v) is 15.5. The maximum absolute atomic E-state index is 12.4. The molecular formula is C18H20ClN3O4. The molecule has 0 saturated carbocycles. The Kier molecular flexibility index (Phi) is 5.46. The van der Waals surface area contributed by atoms with Crippen molar-refractivity contribution in [3.63, 3.8) is 0 Å². The topological polar surface area (TPSA) is 73.7 Å². The van der Waals surface area contributed by atoms with E-state index in [-0.39, 0.29) is 24.1 Å². The summed E-state index contributed by atoms with van der Waals surface area (Å²) in [5.41, 5.74) is 2.67. The van der Waals surface area contributed by atoms with E-state index >= 15 is 0 Å². The smallest absolute Gasteiger partial charge is 0.359 e. The molecular weight excluding hydrogens is 358 g/mol. The Morgan fingerprint density at radius 3 is 2.62 bits per heavy atom. The van der Waals surface area contributed by atoms with Crippen LogP contribution in [0.25, 0.3) is 5.69 Å². The van der Waals surface area contributed by atoms with Crippen LogP contribution in [0.2, 0.25) is 0 Å². The summed E-state index contributed by atoms with van der Waals surface area (Å²) in [7, 11) is 1.60. The Morgan fingerprint density at radius 2 is 2.00 bits per heavy atom. The van der Waals surface area contributed by atoms with Crippen LogP contribution in [-0.4, -0.2) is 52.7 Å². The van der Waals surface area contributed by atoms with Gasteiger partial charge in [0.2, 0.25) is 5.91 Å². The third-order valence-corrected chi connectivity index (χ3v) is 4.54. The molecule has 1 aromatic heterocycles. The Hall–Kier alpha value is -2.54. The molecule has 2 aromatic rings. The van der Waals surface area contributed by atoms with Crippen molar-refractivity contribution >= 4 is 23.5 Å². The van der Waals surface area contributed by atoms with Crippen LogP contribution in [0.3, 0.4) is 0 Å². The van der Waals surface area contributed by atoms with Crippen LogP contribution >= 0.6 is 11.6 Å². The second-order valence-corrected chi connectivity index (χ2v) is 6.07. The van der Waals surface area contributed by atoms with Crippen molar-refractivity contribution in [2.24, 2.45) is 0 Å². The highest BCUT2D eigenvalue weighted by Crippen LogP contribution is 2.27. The minimum absolute atomic E-state index is 0.0866. The Bertz CT molecular complexity index is 817. The third-order valence-electron chi connectivity index (χ3n) is 4.31. The second kappa shape index (κ2) is 7.78. The molecule has 0 saturated heterocycles. The number of carbonyl (C=O) groups excluding carboxylic acids is 2. The molecule has 1 aliphatic heterocycles. The first kappa shape index (κ1) is 18.3. The molecule has 0 unspecified atom stereocenters. The number of rotatable bonds is 5. The van der Waals surface area contributed by atoms with Gasteiger partial charge >= 0.3 is 5.97 Å². The molecule has 0 radical (unpaired) electrons. The van der Waals surface area contributed by atoms with E-state index in [1.165, 1.54) is 0 Å². The average Bonchev–Trinajstić information content (AvgIpc) is 3.06. The van der Waals surface area contributed by atoms with E-state index in [1.54, 1.807) is 23.6 Å². The number of hydrogen-bond donors (Lipinski definition) is 0. The number of ether oxygens (including phenoxy) is 2. The Labute approximate surface area is 156 Å². The molecule has 3 rings (SSSR count). The molecule has 0 atom stereocenters. The highest BCUT2D eigenvalue weighted by molar-refractivity contribution is 6.27. The molecule has 7 nitrogen and oxygen atoms in total. The van der Waals surface area contributed by atoms with E-state index < -0.39 is 5.97 Å². The van der Waals surface area contributed by atoms with Gasteiger partial charge < -0.3 is 14.4 Å². The molecule has 1 aliphatic rings. The van der Waals surface area contributed by atoms with Crippen molar-refractivity contribution in [1.29, 1.82) is 0 Å². The lowest BCUT2D eigenvalue weighted by Gasteiger charge is -2.27. The normalized spacial score (nSPS) is 13.3. The number of nitrogens with zero attached hydrogens (tertiary/aromatic N) is 3. The summed E-state index contributed by atoms with van der Waals surface area (Å²) in [6.07, 6.45) is 0.580. The zero-order chi connectivity index (χ0) is 18.7. The molecule has 26 heavy (non-hydrogen) atoms. The number of esters is 1. The van der Waals surface area contributed by atoms with Crippen LogP contribution in [0.5, 0.6) is 5.75 Å². The molecule has 8 heteroatoms. The molecule has 2 heterocycles. The number of alkyl halides is 1. The molecule has 138 valence electrons. The van der Waals surface area contributed by atoms with Crippen molar-refractivity contribution in [1.82, 2.24) is 14.7 Å². The van der Waals surface area contributed by atoms with Crippen LogP contribution in [0, 0.1) is 0 Å². The fraction of sp³-hybridized carbons (Fsp3) is 0.389. The maximum atomic E-state index is 12.4. The van der Waals surface area contributed by atoms with Crippen molar-refractivity contribution in [3.8, 4) is 11.4 Å². The highest BCUT2D eigenvalue weighted by Gasteiger charge is 2.30. The molecule has 0 bridgehead atoms. The predicted octanol–water partition coefficient (Wildman–Crippen LogP) is 2.18. The molecule has 0 spiro atoms. The van der Waals surface area contributed by atoms with E-state index in [4.69, 9.17) is 21.1 Å². The van der Waals surface area contributed by atoms with Gasteiger partial charge in [0.05, 0.1) is 25.1 Å². The van der Waals surface area contributed by atoms with Gasteiger partial charge in [-0.05, 0) is 31.2 Å². The van der Waals surface area contributed by atoms with Crippen molar-refractivity contribution in [2.45, 2.75) is 19.9 Å². The summed E-state index contributed by atoms with van der Waals surface area (Å²) in [5.74, 6) is -0.00349. The summed E-state index contributed by atoms with van der Waals surface area (Å²) >= 11 is 5.68. The van der Waals surface area contributed by atoms with Crippen LogP contribution < -0.4 is 4.74 Å². The lowest BCUT2D eigenvalue weighted by atomic mass is 10.0. The van der Waals surface area contributed by atoms with E-state index in [0.29, 0.717) is 25.1 Å². The lowest BCUT2D eigenvalue weighted by molar-refractivity contribution is -0.129. The number of methoxy groups -OCH3 is 1. The fourth-order valence-corrected chi connectivity index (χ4v) is 3.19. The van der Waals surface area contributed by atoms with E-state index in [1.807, 2.05) is 24.3 Å². The summed E-state index contributed by atoms with van der Waals surface area (Å²) in [6.45, 7) is 2.83. The number of amides is 1. The van der Waals surface area contributed by atoms with Crippen molar-refractivity contribution in [3.05, 3.63) is 41.2 Å². The lowest BCUT2D eigenvalue weighted by Crippen LogP contribution is -2.37. The predicted molar refractivity (Wildman–Crippen MR) is 95.9 cm³/mol. The SMILES string of the molecule is CCOC(=O)c1nn(-c2ccc(OC)cc2)c2c1CN(C(=O)CCl)CC2. The largest absolute Gasteiger partial charge is 0.497 e. The average molecular weight is 378 g/mol. The monoisotopic (exact) mass is 377 g/mol.